The molecule has 1 aromatic heterocycles. The van der Waals surface area contributed by atoms with Crippen molar-refractivity contribution >= 4 is 38.8 Å². The van der Waals surface area contributed by atoms with Gasteiger partial charge >= 0.3 is 6.03 Å². The third-order valence-corrected chi connectivity index (χ3v) is 8.32. The van der Waals surface area contributed by atoms with Crippen molar-refractivity contribution in [2.75, 3.05) is 5.32 Å². The molecule has 2 amide bonds. The molecule has 10 heteroatoms. The molecular weight excluding hydrogens is 412 g/mol. The van der Waals surface area contributed by atoms with Crippen LogP contribution in [0.15, 0.2) is 20.8 Å². The second-order valence-corrected chi connectivity index (χ2v) is 10.9. The molecule has 1 heterocycles. The lowest BCUT2D eigenvalue weighted by Crippen LogP contribution is -2.18. The summed E-state index contributed by atoms with van der Waals surface area (Å²) < 4.78 is 16.6. The van der Waals surface area contributed by atoms with Gasteiger partial charge in [0.15, 0.2) is 15.7 Å². The molecule has 2 aliphatic carbocycles. The zero-order valence-electron chi connectivity index (χ0n) is 16.2. The number of amides is 2. The summed E-state index contributed by atoms with van der Waals surface area (Å²) in [6, 6.07) is 1.20. The minimum absolute atomic E-state index is 0.00393. The molecule has 0 fully saturated rings. The molecule has 29 heavy (non-hydrogen) atoms. The van der Waals surface area contributed by atoms with E-state index in [1.807, 2.05) is 0 Å². The number of aliphatic hydroxyl groups is 1. The van der Waals surface area contributed by atoms with E-state index in [1.165, 1.54) is 6.20 Å². The van der Waals surface area contributed by atoms with E-state index in [9.17, 15) is 18.9 Å². The maximum absolute atomic E-state index is 12.8. The number of aryl methyl sites for hydroxylation is 2. The van der Waals surface area contributed by atoms with Gasteiger partial charge in [-0.3, -0.25) is 4.79 Å². The highest BCUT2D eigenvalue weighted by Crippen LogP contribution is 2.38. The van der Waals surface area contributed by atoms with Crippen LogP contribution in [0.5, 0.6) is 0 Å². The van der Waals surface area contributed by atoms with Gasteiger partial charge in [0, 0.05) is 12.0 Å². The molecular formula is C19H22N4O4S2. The van der Waals surface area contributed by atoms with Crippen molar-refractivity contribution in [3.05, 3.63) is 39.5 Å². The Hall–Kier alpha value is -2.14. The standard InChI is InChI=1S/C19H22N4O4S2/c1-19(2,26)17-21-9-14(28-17)29(20,27)23-18(25)22-16-12-5-3-4-10(12)8-11-6-7-13(24)15(11)16/h8-9,26H,3-7H2,1-2H3,(H3,20,22,23,25,27)/t29-/m0/s1. The van der Waals surface area contributed by atoms with Gasteiger partial charge in [-0.15, -0.1) is 15.7 Å². The first kappa shape index (κ1) is 20.1. The number of urea groups is 1. The summed E-state index contributed by atoms with van der Waals surface area (Å²) >= 11 is 0.946. The number of thiazole rings is 1. The van der Waals surface area contributed by atoms with Crippen LogP contribution in [0.4, 0.5) is 10.5 Å². The number of carbonyl (C=O) groups excluding carboxylic acids is 2. The largest absolute Gasteiger partial charge is 0.383 e. The number of hydrogen-bond donors (Lipinski definition) is 3. The number of fused-ring (bicyclic) bond motifs is 2. The van der Waals surface area contributed by atoms with Gasteiger partial charge in [-0.05, 0) is 56.2 Å². The van der Waals surface area contributed by atoms with Crippen molar-refractivity contribution in [1.29, 1.82) is 0 Å². The summed E-state index contributed by atoms with van der Waals surface area (Å²) in [5, 5.41) is 18.9. The molecule has 0 aliphatic heterocycles. The highest BCUT2D eigenvalue weighted by Gasteiger charge is 2.30. The highest BCUT2D eigenvalue weighted by molar-refractivity contribution is 7.93. The van der Waals surface area contributed by atoms with Gasteiger partial charge in [0.25, 0.3) is 0 Å². The molecule has 1 aromatic carbocycles. The smallest absolute Gasteiger partial charge is 0.354 e. The Labute approximate surface area is 172 Å². The molecule has 8 nitrogen and oxygen atoms in total. The number of Topliss-reactive ketones (excluding diaryl/α,β-unsaturated/α-hetero) is 1. The first-order chi connectivity index (χ1) is 13.6. The molecule has 1 atom stereocenters. The van der Waals surface area contributed by atoms with Crippen molar-refractivity contribution in [3.63, 3.8) is 0 Å². The van der Waals surface area contributed by atoms with E-state index in [0.29, 0.717) is 29.1 Å². The first-order valence-electron chi connectivity index (χ1n) is 9.31. The maximum Gasteiger partial charge on any atom is 0.354 e. The van der Waals surface area contributed by atoms with Crippen LogP contribution in [0.2, 0.25) is 0 Å². The van der Waals surface area contributed by atoms with Gasteiger partial charge in [0.05, 0.1) is 11.9 Å². The molecule has 154 valence electrons. The second-order valence-electron chi connectivity index (χ2n) is 7.83. The fourth-order valence-corrected chi connectivity index (χ4v) is 5.87. The summed E-state index contributed by atoms with van der Waals surface area (Å²) in [4.78, 5) is 29.0. The number of hydrogen-bond acceptors (Lipinski definition) is 6. The normalized spacial score (nSPS) is 17.6. The van der Waals surface area contributed by atoms with Crippen LogP contribution in [0, 0.1) is 0 Å². The van der Waals surface area contributed by atoms with Gasteiger partial charge < -0.3 is 10.4 Å². The average Bonchev–Trinajstić information content (AvgIpc) is 3.33. The Morgan fingerprint density at radius 1 is 1.31 bits per heavy atom. The SMILES string of the molecule is CC(C)(O)c1ncc([S@@](N)(=O)=NC(=O)Nc2c3c(cc4c2C(=O)CC4)CCC3)s1. The molecule has 4 N–H and O–H groups in total. The molecule has 0 saturated carbocycles. The topological polar surface area (TPSA) is 135 Å². The molecule has 2 aliphatic rings. The van der Waals surface area contributed by atoms with Gasteiger partial charge in [-0.25, -0.2) is 19.1 Å². The fourth-order valence-electron chi connectivity index (χ4n) is 3.81. The van der Waals surface area contributed by atoms with Crippen molar-refractivity contribution in [2.24, 2.45) is 9.50 Å². The van der Waals surface area contributed by atoms with E-state index in [4.69, 9.17) is 5.14 Å². The van der Waals surface area contributed by atoms with Crippen LogP contribution in [-0.2, 0) is 34.8 Å². The van der Waals surface area contributed by atoms with Crippen molar-refractivity contribution in [1.82, 2.24) is 4.98 Å². The maximum atomic E-state index is 12.8. The zero-order valence-corrected chi connectivity index (χ0v) is 17.8. The highest BCUT2D eigenvalue weighted by atomic mass is 32.2. The predicted octanol–water partition coefficient (Wildman–Crippen LogP) is 2.92. The Balaban J connectivity index is 1.68. The van der Waals surface area contributed by atoms with Gasteiger partial charge in [-0.2, -0.15) is 0 Å². The Kier molecular flexibility index (Phi) is 4.85. The van der Waals surface area contributed by atoms with Crippen molar-refractivity contribution < 1.29 is 18.9 Å². The minimum atomic E-state index is -3.54. The lowest BCUT2D eigenvalue weighted by molar-refractivity contribution is 0.0782. The number of benzene rings is 1. The number of aromatic nitrogens is 1. The lowest BCUT2D eigenvalue weighted by Gasteiger charge is -2.14. The van der Waals surface area contributed by atoms with Crippen LogP contribution < -0.4 is 10.5 Å². The van der Waals surface area contributed by atoms with Gasteiger partial charge in [0.2, 0.25) is 0 Å². The number of nitrogens with zero attached hydrogens (tertiary/aromatic N) is 2. The monoisotopic (exact) mass is 434 g/mol. The Morgan fingerprint density at radius 3 is 2.76 bits per heavy atom. The summed E-state index contributed by atoms with van der Waals surface area (Å²) in [6.45, 7) is 3.09. The Bertz CT molecular complexity index is 1150. The Morgan fingerprint density at radius 2 is 2.07 bits per heavy atom. The molecule has 4 rings (SSSR count). The quantitative estimate of drug-likeness (QED) is 0.683. The zero-order chi connectivity index (χ0) is 21.0. The van der Waals surface area contributed by atoms with Crippen LogP contribution in [0.3, 0.4) is 0 Å². The number of nitrogens with one attached hydrogen (secondary N) is 1. The summed E-state index contributed by atoms with van der Waals surface area (Å²) in [6.07, 6.45) is 4.99. The van der Waals surface area contributed by atoms with Gasteiger partial charge in [-0.1, -0.05) is 6.07 Å². The van der Waals surface area contributed by atoms with Crippen molar-refractivity contribution in [3.8, 4) is 0 Å². The van der Waals surface area contributed by atoms with E-state index in [0.717, 1.165) is 47.3 Å². The number of carbonyl (C=O) groups is 2. The molecule has 0 unspecified atom stereocenters. The number of rotatable bonds is 3. The fraction of sp³-hybridized carbons (Fsp3) is 0.421. The third kappa shape index (κ3) is 3.73. The van der Waals surface area contributed by atoms with Crippen LogP contribution in [-0.4, -0.2) is 26.1 Å². The van der Waals surface area contributed by atoms with Crippen LogP contribution in [0.1, 0.15) is 58.7 Å². The van der Waals surface area contributed by atoms with E-state index in [-0.39, 0.29) is 9.99 Å². The molecule has 2 aromatic rings. The molecule has 0 bridgehead atoms. The van der Waals surface area contributed by atoms with E-state index in [2.05, 4.69) is 20.7 Å². The molecule has 0 saturated heterocycles. The minimum Gasteiger partial charge on any atom is -0.383 e. The third-order valence-electron chi connectivity index (χ3n) is 5.13. The predicted molar refractivity (Wildman–Crippen MR) is 111 cm³/mol. The summed E-state index contributed by atoms with van der Waals surface area (Å²) in [7, 11) is -3.54. The number of nitrogens with two attached hydrogens (primary N) is 1. The van der Waals surface area contributed by atoms with Crippen molar-refractivity contribution in [2.45, 2.75) is 55.8 Å². The van der Waals surface area contributed by atoms with E-state index >= 15 is 0 Å². The lowest BCUT2D eigenvalue weighted by atomic mass is 9.98. The molecule has 0 spiro atoms. The van der Waals surface area contributed by atoms with Gasteiger partial charge in [0.1, 0.15) is 14.8 Å². The summed E-state index contributed by atoms with van der Waals surface area (Å²) in [5.41, 5.74) is 2.85. The average molecular weight is 435 g/mol. The van der Waals surface area contributed by atoms with E-state index in [1.54, 1.807) is 13.8 Å². The second kappa shape index (κ2) is 6.98. The number of ketones is 1. The van der Waals surface area contributed by atoms with E-state index < -0.39 is 21.5 Å². The first-order valence-corrected chi connectivity index (χ1v) is 11.7. The van der Waals surface area contributed by atoms with Crippen LogP contribution in [0.25, 0.3) is 0 Å². The summed E-state index contributed by atoms with van der Waals surface area (Å²) in [5.74, 6) is -0.00393. The van der Waals surface area contributed by atoms with Crippen LogP contribution >= 0.6 is 11.3 Å². The molecule has 0 radical (unpaired) electrons. The number of anilines is 1.